The van der Waals surface area contributed by atoms with Gasteiger partial charge in [0.25, 0.3) is 5.91 Å². The van der Waals surface area contributed by atoms with Crippen LogP contribution in [0.3, 0.4) is 0 Å². The molecule has 2 unspecified atom stereocenters. The van der Waals surface area contributed by atoms with Crippen LogP contribution in [0.1, 0.15) is 204 Å². The number of aliphatic hydroxyl groups excluding tert-OH is 2. The smallest absolute Gasteiger partial charge is 0.254 e. The monoisotopic (exact) mass is 1920 g/mol. The number of carbonyl (C=O) groups excluding carboxylic acids is 4. The molecule has 15 nitrogen and oxygen atoms in total. The number of ether oxygens (including phenoxy) is 1. The molecule has 139 heavy (non-hydrogen) atoms. The summed E-state index contributed by atoms with van der Waals surface area (Å²) in [5.41, 5.74) is 23.9. The van der Waals surface area contributed by atoms with Gasteiger partial charge in [-0.05, 0) is 292 Å². The van der Waals surface area contributed by atoms with Crippen LogP contribution < -0.4 is 10.6 Å². The number of amides is 1. The molecule has 7 heterocycles. The first-order valence-corrected chi connectivity index (χ1v) is 51.8. The Kier molecular flexibility index (Phi) is 35.5. The van der Waals surface area contributed by atoms with Gasteiger partial charge < -0.3 is 35.4 Å². The van der Waals surface area contributed by atoms with Gasteiger partial charge in [-0.25, -0.2) is 19.9 Å². The molecule has 2 aliphatic rings. The van der Waals surface area contributed by atoms with Gasteiger partial charge in [0, 0.05) is 131 Å². The molecule has 710 valence electrons. The third-order valence-corrected chi connectivity index (χ3v) is 30.1. The average molecular weight is 1920 g/mol. The number of nitrogens with one attached hydrogen (secondary N) is 2. The number of aromatic nitrogens is 4. The van der Waals surface area contributed by atoms with E-state index in [4.69, 9.17) is 14.7 Å². The molecular weight excluding hydrogens is 1790 g/mol. The number of nitrogens with zero attached hydrogens (tertiary/aromatic N) is 6. The Morgan fingerprint density at radius 2 is 0.914 bits per heavy atom. The van der Waals surface area contributed by atoms with Crippen molar-refractivity contribution in [2.75, 3.05) is 57.6 Å². The zero-order valence-electron chi connectivity index (χ0n) is 81.1. The number of anilines is 4. The lowest BCUT2D eigenvalue weighted by Gasteiger charge is -2.28. The van der Waals surface area contributed by atoms with Crippen molar-refractivity contribution in [1.82, 2.24) is 29.7 Å². The zero-order valence-corrected chi connectivity index (χ0v) is 84.4. The Morgan fingerprint density at radius 3 is 1.44 bits per heavy atom. The normalized spacial score (nSPS) is 13.9. The van der Waals surface area contributed by atoms with Gasteiger partial charge in [0.1, 0.15) is 11.6 Å². The first-order chi connectivity index (χ1) is 67.5. The fraction of sp³-hybridized carbons (Fsp3) is 0.267. The van der Waals surface area contributed by atoms with E-state index in [0.29, 0.717) is 63.3 Å². The maximum atomic E-state index is 13.4. The molecule has 6 aromatic heterocycles. The standard InChI is InChI=1S/C36H41NOS.C30H32N2OS.C28H27N3O3S.C26H24N2O2S/c1-4-27-9-5-6-14-33(27)35-22-21-34(39-35)29-10-7-12-31(23-29)37-32-13-8-11-30(24-32)36(38)28-19-17-26(18-20-28)16-15-25(2)3;1-21-9-5-10-22(2)30(21)29-17-16-28(34-29)24-12-7-14-26(20-24)31-25-13-6-11-23(19-25)27(33)15-8-18-32(3)4;1-19(32)23-4-2-3-20(17-23)18-27-29-12-11-24(30-27)26-10-9-25(35-26)21-5-7-22(8-6-21)28(33)31-13-15-34-16-14-31;1-3-23(30)19-7-9-20(10-8-19)24-11-12-25(31-24)22-13-14-27-26(28-22)16-18-5-4-6-21(15-18)17(2)29/h5-14,21-26,28,37H,4,15-20H2,1-3H3;5-7,9-14,16-17,19-20,31H,8,15,18H2,1-4H3;2-12,17,19,32H,13-16,18H2,1H3;4-15,17,29H,3,16H2,1-2H3. The van der Waals surface area contributed by atoms with E-state index < -0.39 is 12.2 Å². The third-order valence-electron chi connectivity index (χ3n) is 25.4. The van der Waals surface area contributed by atoms with Crippen LogP contribution in [-0.4, -0.2) is 110 Å². The Labute approximate surface area is 835 Å². The Morgan fingerprint density at radius 1 is 0.453 bits per heavy atom. The Balaban J connectivity index is 0.000000141. The lowest BCUT2D eigenvalue weighted by molar-refractivity contribution is 0.0303. The summed E-state index contributed by atoms with van der Waals surface area (Å²) in [6, 6.07) is 101. The highest BCUT2D eigenvalue weighted by Gasteiger charge is 2.28. The lowest BCUT2D eigenvalue weighted by atomic mass is 9.76. The molecule has 18 rings (SSSR count). The van der Waals surface area contributed by atoms with Crippen LogP contribution >= 0.6 is 45.3 Å². The zero-order chi connectivity index (χ0) is 97.3. The van der Waals surface area contributed by atoms with E-state index in [2.05, 4.69) is 206 Å². The van der Waals surface area contributed by atoms with E-state index in [9.17, 15) is 29.4 Å². The summed E-state index contributed by atoms with van der Waals surface area (Å²) >= 11 is 7.00. The average Bonchev–Trinajstić information content (AvgIpc) is 1.65. The minimum Gasteiger partial charge on any atom is -0.389 e. The van der Waals surface area contributed by atoms with Gasteiger partial charge in [0.15, 0.2) is 17.3 Å². The van der Waals surface area contributed by atoms with Crippen molar-refractivity contribution in [1.29, 1.82) is 0 Å². The van der Waals surface area contributed by atoms with Gasteiger partial charge in [0.2, 0.25) is 0 Å². The van der Waals surface area contributed by atoms with E-state index in [-0.39, 0.29) is 23.4 Å². The number of Topliss-reactive ketones (excluding diaryl/α,β-unsaturated/α-hetero) is 3. The number of thiophene rings is 4. The third kappa shape index (κ3) is 27.8. The molecule has 2 fully saturated rings. The molecule has 1 aliphatic heterocycles. The first-order valence-electron chi connectivity index (χ1n) is 48.5. The van der Waals surface area contributed by atoms with Crippen molar-refractivity contribution < 1.29 is 34.1 Å². The number of aryl methyl sites for hydroxylation is 3. The quantitative estimate of drug-likeness (QED) is 0.0290. The summed E-state index contributed by atoms with van der Waals surface area (Å²) in [7, 11) is 4.06. The fourth-order valence-corrected chi connectivity index (χ4v) is 21.9. The minimum atomic E-state index is -0.502. The number of hydrogen-bond donors (Lipinski definition) is 4. The topological polar surface area (TPSA) is 200 Å². The predicted molar refractivity (Wildman–Crippen MR) is 577 cm³/mol. The molecule has 10 aromatic carbocycles. The van der Waals surface area contributed by atoms with Gasteiger partial charge in [-0.1, -0.05) is 216 Å². The van der Waals surface area contributed by atoms with Crippen molar-refractivity contribution >= 4 is 91.4 Å². The van der Waals surface area contributed by atoms with E-state index in [1.54, 1.807) is 48.9 Å². The highest BCUT2D eigenvalue weighted by Crippen LogP contribution is 2.43. The number of benzene rings is 10. The van der Waals surface area contributed by atoms with Crippen LogP contribution in [0.25, 0.3) is 83.8 Å². The second kappa shape index (κ2) is 49.1. The van der Waals surface area contributed by atoms with Crippen LogP contribution in [0, 0.1) is 31.6 Å². The van der Waals surface area contributed by atoms with E-state index in [1.807, 2.05) is 200 Å². The van der Waals surface area contributed by atoms with Gasteiger partial charge in [-0.2, -0.15) is 0 Å². The number of rotatable bonds is 32. The van der Waals surface area contributed by atoms with E-state index >= 15 is 0 Å². The highest BCUT2D eigenvalue weighted by molar-refractivity contribution is 7.20. The lowest BCUT2D eigenvalue weighted by Crippen LogP contribution is -2.40. The minimum absolute atomic E-state index is 0.0548. The summed E-state index contributed by atoms with van der Waals surface area (Å²) in [5.74, 6) is 3.95. The van der Waals surface area contributed by atoms with Crippen LogP contribution in [0.2, 0.25) is 0 Å². The number of ketones is 3. The van der Waals surface area contributed by atoms with Crippen LogP contribution in [0.5, 0.6) is 0 Å². The van der Waals surface area contributed by atoms with Gasteiger partial charge in [0.05, 0.1) is 46.6 Å². The van der Waals surface area contributed by atoms with E-state index in [1.165, 1.54) is 84.1 Å². The Bertz CT molecular complexity index is 6790. The van der Waals surface area contributed by atoms with Crippen molar-refractivity contribution in [3.63, 3.8) is 0 Å². The van der Waals surface area contributed by atoms with Crippen molar-refractivity contribution in [2.24, 2.45) is 17.8 Å². The fourth-order valence-electron chi connectivity index (χ4n) is 17.7. The SMILES string of the molecule is CC(O)c1cccc(Cc2nccc(-c3ccc(-c4ccc(C(=O)N5CCOCC5)cc4)s3)n2)c1.CCC(=O)c1ccc(-c2ccc(-c3ccnc(Cc4cccc(C(C)O)c4)n3)s2)cc1.CCc1ccccc1-c1ccc(-c2cccc(Nc3cccc(C(=O)C4CCC(CCC(C)C)CC4)c3)c2)s1.Cc1cccc(C)c1-c1ccc(-c2cccc(Nc3cccc(C(=O)CCCN(C)C)c3)c2)s1. The molecule has 1 saturated carbocycles. The molecule has 1 aliphatic carbocycles. The number of carbonyl (C=O) groups is 4. The summed E-state index contributed by atoms with van der Waals surface area (Å²) in [6.45, 7) is 20.0. The first kappa shape index (κ1) is 101. The maximum absolute atomic E-state index is 13.4. The molecule has 2 atom stereocenters. The van der Waals surface area contributed by atoms with Crippen molar-refractivity contribution in [2.45, 2.75) is 145 Å². The predicted octanol–water partition coefficient (Wildman–Crippen LogP) is 29.9. The van der Waals surface area contributed by atoms with Crippen molar-refractivity contribution in [3.8, 4) is 83.8 Å². The van der Waals surface area contributed by atoms with E-state index in [0.717, 1.165) is 159 Å². The van der Waals surface area contributed by atoms with Gasteiger partial charge in [-0.3, -0.25) is 19.2 Å². The van der Waals surface area contributed by atoms with Crippen molar-refractivity contribution in [3.05, 3.63) is 382 Å². The second-order valence-electron chi connectivity index (χ2n) is 36.6. The largest absolute Gasteiger partial charge is 0.389 e. The molecule has 4 N–H and O–H groups in total. The molecule has 1 amide bonds. The second-order valence-corrected chi connectivity index (χ2v) is 41.0. The van der Waals surface area contributed by atoms with Gasteiger partial charge in [-0.15, -0.1) is 45.3 Å². The van der Waals surface area contributed by atoms with Crippen LogP contribution in [-0.2, 0) is 24.0 Å². The van der Waals surface area contributed by atoms with Crippen LogP contribution in [0.4, 0.5) is 22.7 Å². The maximum Gasteiger partial charge on any atom is 0.254 e. The molecule has 0 bridgehead atoms. The van der Waals surface area contributed by atoms with Gasteiger partial charge >= 0.3 is 0 Å². The van der Waals surface area contributed by atoms with Crippen LogP contribution in [0.15, 0.2) is 310 Å². The molecule has 0 spiro atoms. The number of aliphatic hydroxyl groups is 2. The number of hydrogen-bond acceptors (Lipinski definition) is 18. The molecular formula is C120H124N8O7S4. The Hall–Kier alpha value is -12.9. The highest BCUT2D eigenvalue weighted by atomic mass is 32.1. The summed E-state index contributed by atoms with van der Waals surface area (Å²) < 4.78 is 5.34. The summed E-state index contributed by atoms with van der Waals surface area (Å²) in [4.78, 5) is 82.4. The molecule has 0 radical (unpaired) electrons. The summed E-state index contributed by atoms with van der Waals surface area (Å²) in [6.07, 6.45) is 13.9. The molecule has 16 aromatic rings. The molecule has 19 heteroatoms. The molecule has 1 saturated heterocycles. The summed E-state index contributed by atoms with van der Waals surface area (Å²) in [5, 5.41) is 26.7. The number of morpholine rings is 1.